The van der Waals surface area contributed by atoms with Crippen molar-refractivity contribution in [2.45, 2.75) is 72.9 Å². The second-order valence-corrected chi connectivity index (χ2v) is 21.7. The van der Waals surface area contributed by atoms with Gasteiger partial charge in [0.2, 0.25) is 0 Å². The number of aliphatic hydroxyl groups is 1. The van der Waals surface area contributed by atoms with E-state index in [1.165, 1.54) is 18.2 Å². The molecule has 2 saturated heterocycles. The van der Waals surface area contributed by atoms with Crippen LogP contribution in [0.5, 0.6) is 0 Å². The topological polar surface area (TPSA) is 171 Å². The summed E-state index contributed by atoms with van der Waals surface area (Å²) in [5.41, 5.74) is 6.83. The van der Waals surface area contributed by atoms with E-state index < -0.39 is 27.1 Å². The molecule has 3 heterocycles. The molecule has 0 aliphatic carbocycles. The number of aromatic carboxylic acids is 1. The van der Waals surface area contributed by atoms with Crippen LogP contribution in [0.4, 0.5) is 22.7 Å². The van der Waals surface area contributed by atoms with Crippen molar-refractivity contribution in [3.8, 4) is 22.4 Å². The number of aliphatic hydroxyl groups excluding tert-OH is 1. The number of halogens is 1. The monoisotopic (exact) mass is 1010 g/mol. The number of likely N-dealkylation sites (tertiary alicyclic amines) is 1. The van der Waals surface area contributed by atoms with Gasteiger partial charge in [-0.05, 0) is 134 Å². The molecule has 364 valence electrons. The molecule has 2 aliphatic rings. The van der Waals surface area contributed by atoms with Crippen molar-refractivity contribution in [1.29, 1.82) is 0 Å². The first-order chi connectivity index (χ1) is 33.3. The summed E-state index contributed by atoms with van der Waals surface area (Å²) in [6.07, 6.45) is 2.74. The fourth-order valence-corrected chi connectivity index (χ4v) is 12.1. The lowest BCUT2D eigenvalue weighted by atomic mass is 9.96. The average Bonchev–Trinajstić information content (AvgIpc) is 3.65. The summed E-state index contributed by atoms with van der Waals surface area (Å²) in [7, 11) is -4.16. The zero-order valence-corrected chi connectivity index (χ0v) is 41.9. The highest BCUT2D eigenvalue weighted by Crippen LogP contribution is 2.41. The van der Waals surface area contributed by atoms with Crippen LogP contribution in [-0.4, -0.2) is 107 Å². The lowest BCUT2D eigenvalue weighted by Gasteiger charge is -2.37. The van der Waals surface area contributed by atoms with Crippen molar-refractivity contribution >= 4 is 73.2 Å². The first-order valence-corrected chi connectivity index (χ1v) is 27.2. The maximum atomic E-state index is 13.7. The van der Waals surface area contributed by atoms with Gasteiger partial charge >= 0.3 is 5.97 Å². The number of hydrogen-bond donors (Lipinski definition) is 4. The molecule has 8 rings (SSSR count). The number of hydrogen-bond acceptors (Lipinski definition) is 11. The molecule has 2 atom stereocenters. The van der Waals surface area contributed by atoms with Gasteiger partial charge in [0.05, 0.1) is 22.3 Å². The molecular formula is C52H58ClN6O7S3-. The van der Waals surface area contributed by atoms with E-state index in [-0.39, 0.29) is 27.5 Å². The summed E-state index contributed by atoms with van der Waals surface area (Å²) in [6.45, 7) is 9.79. The van der Waals surface area contributed by atoms with Crippen LogP contribution in [0.2, 0.25) is 5.02 Å². The quantitative estimate of drug-likeness (QED) is 0.0448. The number of benzene rings is 5. The summed E-state index contributed by atoms with van der Waals surface area (Å²) in [6, 6.07) is 36.7. The third kappa shape index (κ3) is 12.2. The highest BCUT2D eigenvalue weighted by atomic mass is 35.5. The van der Waals surface area contributed by atoms with E-state index in [9.17, 15) is 32.2 Å². The van der Waals surface area contributed by atoms with E-state index in [2.05, 4.69) is 42.3 Å². The molecule has 6 aromatic rings. The summed E-state index contributed by atoms with van der Waals surface area (Å²) in [5.74, 6) is -0.315. The van der Waals surface area contributed by atoms with Gasteiger partial charge in [0.25, 0.3) is 10.0 Å². The number of thioether (sulfide) groups is 1. The molecule has 0 bridgehead atoms. The van der Waals surface area contributed by atoms with Crippen molar-refractivity contribution in [2.24, 2.45) is 0 Å². The number of piperidine rings is 1. The lowest BCUT2D eigenvalue weighted by Crippen LogP contribution is -2.46. The number of rotatable bonds is 19. The minimum Gasteiger partial charge on any atom is -0.768 e. The van der Waals surface area contributed by atoms with E-state index in [0.29, 0.717) is 66.1 Å². The summed E-state index contributed by atoms with van der Waals surface area (Å²) >= 11 is 5.20. The van der Waals surface area contributed by atoms with Gasteiger partial charge in [-0.2, -0.15) is 0 Å². The highest BCUT2D eigenvalue weighted by Gasteiger charge is 2.28. The SMILES string of the molecule is CCCn1c(C)c(C(=O)O)c(-c2cccc(N3CCN(c4ccc(NS(=O)(=O)c5ccc(N[C@H](CCN6CCC(O)CC6)CSc6ccccc6)c(S(=O)[O-])c5)cc4)CC3)c2)c1-c1ccc(Cl)cc1. The number of carbonyl (C=O) groups is 1. The van der Waals surface area contributed by atoms with Gasteiger partial charge in [-0.25, -0.2) is 13.2 Å². The second kappa shape index (κ2) is 22.6. The van der Waals surface area contributed by atoms with E-state index in [1.807, 2.05) is 91.9 Å². The molecule has 0 radical (unpaired) electrons. The van der Waals surface area contributed by atoms with Gasteiger partial charge in [0.1, 0.15) is 0 Å². The molecule has 0 amide bonds. The average molecular weight is 1010 g/mol. The predicted octanol–water partition coefficient (Wildman–Crippen LogP) is 9.68. The Morgan fingerprint density at radius 3 is 2.17 bits per heavy atom. The van der Waals surface area contributed by atoms with Gasteiger partial charge in [-0.1, -0.05) is 61.0 Å². The molecule has 2 aliphatic heterocycles. The molecule has 5 aromatic carbocycles. The largest absolute Gasteiger partial charge is 0.768 e. The van der Waals surface area contributed by atoms with Gasteiger partial charge in [-0.3, -0.25) is 8.93 Å². The fourth-order valence-electron chi connectivity index (χ4n) is 9.26. The molecule has 1 aromatic heterocycles. The number of sulfonamides is 1. The smallest absolute Gasteiger partial charge is 0.338 e. The number of carboxylic acids is 1. The van der Waals surface area contributed by atoms with Crippen molar-refractivity contribution in [1.82, 2.24) is 9.47 Å². The molecule has 1 unspecified atom stereocenters. The molecule has 17 heteroatoms. The third-order valence-corrected chi connectivity index (χ3v) is 16.4. The van der Waals surface area contributed by atoms with Crippen molar-refractivity contribution in [2.75, 3.05) is 71.4 Å². The number of aromatic nitrogens is 1. The van der Waals surface area contributed by atoms with E-state index in [0.717, 1.165) is 78.4 Å². The van der Waals surface area contributed by atoms with E-state index in [1.54, 1.807) is 23.9 Å². The van der Waals surface area contributed by atoms with E-state index in [4.69, 9.17) is 11.6 Å². The number of nitrogens with one attached hydrogen (secondary N) is 2. The van der Waals surface area contributed by atoms with Crippen LogP contribution in [0, 0.1) is 6.92 Å². The van der Waals surface area contributed by atoms with Crippen molar-refractivity contribution < 1.29 is 32.2 Å². The predicted molar refractivity (Wildman–Crippen MR) is 278 cm³/mol. The first kappa shape index (κ1) is 50.1. The van der Waals surface area contributed by atoms with Crippen LogP contribution in [0.15, 0.2) is 136 Å². The van der Waals surface area contributed by atoms with Crippen LogP contribution < -0.4 is 19.8 Å². The van der Waals surface area contributed by atoms with Gasteiger partial charge in [0.15, 0.2) is 0 Å². The Balaban J connectivity index is 0.925. The van der Waals surface area contributed by atoms with Crippen LogP contribution in [0.3, 0.4) is 0 Å². The molecular weight excluding hydrogens is 952 g/mol. The standard InChI is InChI=1S/C52H59ClN6O7S3/c1-3-25-59-36(2)49(52(61)62)50(51(59)37-12-14-39(53)15-13-37)38-8-7-9-43(33-38)58-31-29-57(30-32-58)42-18-16-40(17-19-42)55-69(65,66)46-20-21-47(48(34-46)68(63)64)54-41(35-67-45-10-5-4-6-11-45)22-26-56-27-23-44(60)24-28-56/h4-21,33-34,41,44,54-55,60H,3,22-32,35H2,1-2H3,(H,61,62)(H,63,64)/p-1/t41-/m1/s1. The minimum absolute atomic E-state index is 0.125. The second-order valence-electron chi connectivity index (χ2n) is 17.5. The zero-order chi connectivity index (χ0) is 48.7. The molecule has 0 spiro atoms. The molecule has 0 saturated carbocycles. The van der Waals surface area contributed by atoms with E-state index >= 15 is 0 Å². The molecule has 69 heavy (non-hydrogen) atoms. The number of piperazine rings is 1. The Bertz CT molecular complexity index is 2850. The Morgan fingerprint density at radius 1 is 0.841 bits per heavy atom. The first-order valence-electron chi connectivity index (χ1n) is 23.3. The fraction of sp³-hybridized carbons (Fsp3) is 0.327. The summed E-state index contributed by atoms with van der Waals surface area (Å²) in [4.78, 5) is 20.5. The molecule has 13 nitrogen and oxygen atoms in total. The highest BCUT2D eigenvalue weighted by molar-refractivity contribution is 7.99. The minimum atomic E-state index is -4.16. The Morgan fingerprint density at radius 2 is 1.52 bits per heavy atom. The van der Waals surface area contributed by atoms with Gasteiger partial charge in [-0.15, -0.1) is 11.8 Å². The normalized spacial score (nSPS) is 15.8. The van der Waals surface area contributed by atoms with Gasteiger partial charge < -0.3 is 39.3 Å². The summed E-state index contributed by atoms with van der Waals surface area (Å²) in [5, 5.41) is 24.5. The molecule has 4 N–H and O–H groups in total. The third-order valence-electron chi connectivity index (χ3n) is 12.9. The summed E-state index contributed by atoms with van der Waals surface area (Å²) < 4.78 is 57.5. The maximum absolute atomic E-state index is 13.7. The Labute approximate surface area is 416 Å². The maximum Gasteiger partial charge on any atom is 0.338 e. The van der Waals surface area contributed by atoms with Crippen LogP contribution in [0.1, 0.15) is 48.7 Å². The number of nitrogens with zero attached hydrogens (tertiary/aromatic N) is 4. The zero-order valence-electron chi connectivity index (χ0n) is 38.7. The Kier molecular flexibility index (Phi) is 16.4. The molecule has 2 fully saturated rings. The number of carboxylic acid groups (broad SMARTS) is 1. The van der Waals surface area contributed by atoms with Crippen LogP contribution in [0.25, 0.3) is 22.4 Å². The number of anilines is 4. The van der Waals surface area contributed by atoms with Crippen molar-refractivity contribution in [3.63, 3.8) is 0 Å². The van der Waals surface area contributed by atoms with Crippen molar-refractivity contribution in [3.05, 3.63) is 138 Å². The Hall–Kier alpha value is -5.33. The van der Waals surface area contributed by atoms with Gasteiger partial charge in [0, 0.05) is 113 Å². The lowest BCUT2D eigenvalue weighted by molar-refractivity contribution is 0.0696. The van der Waals surface area contributed by atoms with Crippen LogP contribution in [-0.2, 0) is 27.6 Å². The van der Waals surface area contributed by atoms with Crippen LogP contribution >= 0.6 is 23.4 Å².